The van der Waals surface area contributed by atoms with Gasteiger partial charge in [0.2, 0.25) is 0 Å². The molecule has 0 aliphatic heterocycles. The third-order valence-corrected chi connectivity index (χ3v) is 7.19. The highest BCUT2D eigenvalue weighted by Gasteiger charge is 2.42. The van der Waals surface area contributed by atoms with E-state index in [1.807, 2.05) is 72.8 Å². The van der Waals surface area contributed by atoms with Crippen molar-refractivity contribution in [1.29, 1.82) is 0 Å². The van der Waals surface area contributed by atoms with Crippen molar-refractivity contribution in [3.8, 4) is 0 Å². The Balaban J connectivity index is 1.68. The van der Waals surface area contributed by atoms with E-state index in [0.29, 0.717) is 0 Å². The lowest BCUT2D eigenvalue weighted by molar-refractivity contribution is 0.596. The van der Waals surface area contributed by atoms with Crippen molar-refractivity contribution in [1.82, 2.24) is 0 Å². The van der Waals surface area contributed by atoms with E-state index in [9.17, 15) is 0 Å². The minimum absolute atomic E-state index is 0.174. The summed E-state index contributed by atoms with van der Waals surface area (Å²) in [6, 6.07) is 32.1. The van der Waals surface area contributed by atoms with Crippen LogP contribution in [0.15, 0.2) is 108 Å². The van der Waals surface area contributed by atoms with Gasteiger partial charge in [0, 0.05) is 31.9 Å². The number of halogens is 4. The molecule has 0 aromatic heterocycles. The van der Waals surface area contributed by atoms with E-state index in [1.54, 1.807) is 0 Å². The molecule has 1 fully saturated rings. The molecule has 0 radical (unpaired) electrons. The molecule has 2 atom stereocenters. The van der Waals surface area contributed by atoms with Gasteiger partial charge in [-0.3, -0.25) is 0 Å². The number of hydrogen-bond acceptors (Lipinski definition) is 0. The third kappa shape index (κ3) is 4.97. The average Bonchev–Trinajstić information content (AvgIpc) is 2.84. The molecule has 1 aliphatic carbocycles. The molecule has 0 saturated heterocycles. The maximum atomic E-state index is 6.21. The first-order valence-electron chi connectivity index (χ1n) is 10.9. The van der Waals surface area contributed by atoms with Crippen molar-refractivity contribution >= 4 is 58.6 Å². The first-order valence-corrected chi connectivity index (χ1v) is 12.4. The summed E-state index contributed by atoms with van der Waals surface area (Å²) >= 11 is 24.7. The van der Waals surface area contributed by atoms with Gasteiger partial charge < -0.3 is 0 Å². The van der Waals surface area contributed by atoms with Gasteiger partial charge in [0.25, 0.3) is 0 Å². The Morgan fingerprint density at radius 2 is 0.647 bits per heavy atom. The number of hydrogen-bond donors (Lipinski definition) is 0. The smallest absolute Gasteiger partial charge is 0.0406 e. The van der Waals surface area contributed by atoms with Crippen molar-refractivity contribution in [2.45, 2.75) is 11.8 Å². The molecular weight excluding hydrogens is 502 g/mol. The van der Waals surface area contributed by atoms with Crippen LogP contribution in [0.5, 0.6) is 0 Å². The summed E-state index contributed by atoms with van der Waals surface area (Å²) in [5.74, 6) is 0.348. The fourth-order valence-electron chi connectivity index (χ4n) is 4.53. The molecular formula is C30H20Cl4. The van der Waals surface area contributed by atoms with E-state index in [-0.39, 0.29) is 11.8 Å². The van der Waals surface area contributed by atoms with E-state index < -0.39 is 0 Å². The van der Waals surface area contributed by atoms with Crippen LogP contribution in [-0.4, -0.2) is 0 Å². The molecule has 4 heteroatoms. The maximum absolute atomic E-state index is 6.21. The van der Waals surface area contributed by atoms with Gasteiger partial charge in [-0.1, -0.05) is 107 Å². The largest absolute Gasteiger partial charge is 0.0843 e. The number of allylic oxidation sites excluding steroid dienone is 2. The second-order valence-corrected chi connectivity index (χ2v) is 10.1. The lowest BCUT2D eigenvalue weighted by atomic mass is 9.59. The fourth-order valence-corrected chi connectivity index (χ4v) is 5.03. The van der Waals surface area contributed by atoms with Gasteiger partial charge >= 0.3 is 0 Å². The van der Waals surface area contributed by atoms with Crippen LogP contribution < -0.4 is 0 Å². The zero-order chi connectivity index (χ0) is 23.7. The molecule has 0 heterocycles. The highest BCUT2D eigenvalue weighted by atomic mass is 35.5. The number of benzene rings is 4. The van der Waals surface area contributed by atoms with Crippen LogP contribution in [0.1, 0.15) is 34.1 Å². The lowest BCUT2D eigenvalue weighted by Gasteiger charge is -2.44. The zero-order valence-electron chi connectivity index (χ0n) is 18.1. The summed E-state index contributed by atoms with van der Waals surface area (Å²) < 4.78 is 0. The van der Waals surface area contributed by atoms with Crippen LogP contribution >= 0.6 is 46.4 Å². The van der Waals surface area contributed by atoms with Crippen molar-refractivity contribution in [2.24, 2.45) is 0 Å². The summed E-state index contributed by atoms with van der Waals surface area (Å²) in [7, 11) is 0. The van der Waals surface area contributed by atoms with Crippen LogP contribution in [0.2, 0.25) is 20.1 Å². The second kappa shape index (κ2) is 10.0. The Kier molecular flexibility index (Phi) is 6.86. The average molecular weight is 522 g/mol. The van der Waals surface area contributed by atoms with Gasteiger partial charge in [-0.25, -0.2) is 0 Å². The minimum atomic E-state index is 0.174. The van der Waals surface area contributed by atoms with Gasteiger partial charge in [0.15, 0.2) is 0 Å². The summed E-state index contributed by atoms with van der Waals surface area (Å²) in [6.45, 7) is 0. The predicted octanol–water partition coefficient (Wildman–Crippen LogP) is 10.3. The number of rotatable bonds is 4. The standard InChI is InChI=1S/C30H20Cl4/c31-23-9-1-19(2-10-23)17-27-28(18-20-3-11-24(32)12-4-20)30(22-7-15-26(34)16-8-22)29(27)21-5-13-25(33)14-6-21/h1-18,29-30H/b27-17-,28-18-/t29-,30-/m0/s1. The molecule has 0 unspecified atom stereocenters. The van der Waals surface area contributed by atoms with Crippen molar-refractivity contribution < 1.29 is 0 Å². The molecule has 0 spiro atoms. The third-order valence-electron chi connectivity index (χ3n) is 6.18. The van der Waals surface area contributed by atoms with Gasteiger partial charge in [-0.15, -0.1) is 0 Å². The topological polar surface area (TPSA) is 0 Å². The molecule has 34 heavy (non-hydrogen) atoms. The van der Waals surface area contributed by atoms with E-state index in [0.717, 1.165) is 31.2 Å². The summed E-state index contributed by atoms with van der Waals surface area (Å²) in [6.07, 6.45) is 4.51. The molecule has 4 aromatic carbocycles. The van der Waals surface area contributed by atoms with E-state index >= 15 is 0 Å². The first-order chi connectivity index (χ1) is 16.5. The molecule has 5 rings (SSSR count). The van der Waals surface area contributed by atoms with E-state index in [2.05, 4.69) is 36.4 Å². The molecule has 0 amide bonds. The minimum Gasteiger partial charge on any atom is -0.0843 e. The van der Waals surface area contributed by atoms with Crippen LogP contribution in [0.4, 0.5) is 0 Å². The van der Waals surface area contributed by atoms with Crippen LogP contribution in [0.3, 0.4) is 0 Å². The molecule has 1 saturated carbocycles. The van der Waals surface area contributed by atoms with E-state index in [1.165, 1.54) is 22.3 Å². The van der Waals surface area contributed by atoms with Crippen LogP contribution in [0, 0.1) is 0 Å². The quantitative estimate of drug-likeness (QED) is 0.250. The summed E-state index contributed by atoms with van der Waals surface area (Å²) in [4.78, 5) is 0. The van der Waals surface area contributed by atoms with E-state index in [4.69, 9.17) is 46.4 Å². The normalized spacial score (nSPS) is 19.9. The Labute approximate surface area is 220 Å². The molecule has 1 aliphatic rings. The Hall–Kier alpha value is -2.48. The summed E-state index contributed by atoms with van der Waals surface area (Å²) in [5, 5.41) is 2.90. The van der Waals surface area contributed by atoms with Gasteiger partial charge in [-0.2, -0.15) is 0 Å². The first kappa shape index (κ1) is 23.3. The Morgan fingerprint density at radius 3 is 0.941 bits per heavy atom. The summed E-state index contributed by atoms with van der Waals surface area (Å²) in [5.41, 5.74) is 7.18. The van der Waals surface area contributed by atoms with Gasteiger partial charge in [0.05, 0.1) is 0 Å². The lowest BCUT2D eigenvalue weighted by Crippen LogP contribution is -2.28. The maximum Gasteiger partial charge on any atom is 0.0406 e. The molecule has 168 valence electrons. The molecule has 0 bridgehead atoms. The van der Waals surface area contributed by atoms with Gasteiger partial charge in [0.1, 0.15) is 0 Å². The van der Waals surface area contributed by atoms with Crippen molar-refractivity contribution in [2.75, 3.05) is 0 Å². The highest BCUT2D eigenvalue weighted by Crippen LogP contribution is 2.58. The SMILES string of the molecule is Clc1ccc(/C=C2/C(=C/c3ccc(Cl)cc3)[C@H](c3ccc(Cl)cc3)[C@H]2c2ccc(Cl)cc2)cc1. The van der Waals surface area contributed by atoms with Gasteiger partial charge in [-0.05, 0) is 81.9 Å². The predicted molar refractivity (Wildman–Crippen MR) is 147 cm³/mol. The van der Waals surface area contributed by atoms with Crippen molar-refractivity contribution in [3.05, 3.63) is 151 Å². The Bertz CT molecular complexity index is 1240. The second-order valence-electron chi connectivity index (χ2n) is 8.36. The Morgan fingerprint density at radius 1 is 0.382 bits per heavy atom. The monoisotopic (exact) mass is 520 g/mol. The van der Waals surface area contributed by atoms with Crippen LogP contribution in [0.25, 0.3) is 12.2 Å². The molecule has 0 nitrogen and oxygen atoms in total. The molecule has 0 N–H and O–H groups in total. The zero-order valence-corrected chi connectivity index (χ0v) is 21.1. The molecule has 4 aromatic rings. The van der Waals surface area contributed by atoms with Crippen molar-refractivity contribution in [3.63, 3.8) is 0 Å². The highest BCUT2D eigenvalue weighted by molar-refractivity contribution is 6.31. The fraction of sp³-hybridized carbons (Fsp3) is 0.0667. The van der Waals surface area contributed by atoms with Crippen LogP contribution in [-0.2, 0) is 0 Å².